The van der Waals surface area contributed by atoms with Crippen molar-refractivity contribution >= 4 is 17.5 Å². The zero-order chi connectivity index (χ0) is 23.1. The quantitative estimate of drug-likeness (QED) is 0.568. The Morgan fingerprint density at radius 1 is 1.09 bits per heavy atom. The summed E-state index contributed by atoms with van der Waals surface area (Å²) >= 11 is 0. The Bertz CT molecular complexity index is 967. The van der Waals surface area contributed by atoms with E-state index in [4.69, 9.17) is 14.2 Å². The molecule has 0 radical (unpaired) electrons. The second-order valence-electron chi connectivity index (χ2n) is 8.72. The van der Waals surface area contributed by atoms with Crippen LogP contribution >= 0.6 is 0 Å². The van der Waals surface area contributed by atoms with Crippen molar-refractivity contribution in [1.82, 2.24) is 5.32 Å². The second kappa shape index (κ2) is 10.7. The van der Waals surface area contributed by atoms with Crippen molar-refractivity contribution in [3.8, 4) is 11.5 Å². The number of hydrogen-bond acceptors (Lipinski definition) is 5. The van der Waals surface area contributed by atoms with Crippen molar-refractivity contribution in [2.75, 3.05) is 38.8 Å². The molecular formula is C26H32N2O5. The van der Waals surface area contributed by atoms with Gasteiger partial charge in [-0.15, -0.1) is 0 Å². The number of rotatable bonds is 9. The zero-order valence-corrected chi connectivity index (χ0v) is 19.2. The fourth-order valence-corrected chi connectivity index (χ4v) is 4.50. The highest BCUT2D eigenvalue weighted by atomic mass is 16.5. The van der Waals surface area contributed by atoms with Crippen LogP contribution in [0.1, 0.15) is 43.2 Å². The maximum atomic E-state index is 12.5. The van der Waals surface area contributed by atoms with E-state index in [2.05, 4.69) is 22.8 Å². The first kappa shape index (κ1) is 23.1. The van der Waals surface area contributed by atoms with Crippen LogP contribution in [0.25, 0.3) is 0 Å². The number of hydrogen-bond donors (Lipinski definition) is 2. The van der Waals surface area contributed by atoms with E-state index in [9.17, 15) is 9.59 Å². The first-order valence-corrected chi connectivity index (χ1v) is 11.6. The van der Waals surface area contributed by atoms with E-state index in [1.54, 1.807) is 7.11 Å². The molecule has 4 rings (SSSR count). The van der Waals surface area contributed by atoms with E-state index in [1.165, 1.54) is 5.56 Å². The van der Waals surface area contributed by atoms with Crippen LogP contribution in [0.4, 0.5) is 5.69 Å². The number of amides is 2. The Labute approximate surface area is 194 Å². The SMILES string of the molecule is COc1ccc(C2(CNC(=O)CCCOc3ccc4c(c3)CCC(=O)N4)CCOCC2)cc1. The van der Waals surface area contributed by atoms with Gasteiger partial charge in [0.2, 0.25) is 11.8 Å². The number of benzene rings is 2. The number of aryl methyl sites for hydroxylation is 1. The average Bonchev–Trinajstić information content (AvgIpc) is 2.86. The number of carbonyl (C=O) groups is 2. The molecule has 0 unspecified atom stereocenters. The smallest absolute Gasteiger partial charge is 0.224 e. The van der Waals surface area contributed by atoms with Crippen molar-refractivity contribution in [3.63, 3.8) is 0 Å². The second-order valence-corrected chi connectivity index (χ2v) is 8.72. The standard InChI is InChI=1S/C26H32N2O5/c1-31-21-7-5-20(6-8-21)26(12-15-32-16-13-26)18-27-24(29)3-2-14-33-22-9-10-23-19(17-22)4-11-25(30)28-23/h5-10,17H,2-4,11-16,18H2,1H3,(H,27,29)(H,28,30). The summed E-state index contributed by atoms with van der Waals surface area (Å²) in [7, 11) is 1.66. The van der Waals surface area contributed by atoms with Crippen molar-refractivity contribution in [3.05, 3.63) is 53.6 Å². The Balaban J connectivity index is 1.24. The molecule has 2 heterocycles. The van der Waals surface area contributed by atoms with Crippen molar-refractivity contribution in [2.45, 2.75) is 43.9 Å². The molecule has 2 N–H and O–H groups in total. The molecule has 0 atom stereocenters. The van der Waals surface area contributed by atoms with Gasteiger partial charge in [0.15, 0.2) is 0 Å². The summed E-state index contributed by atoms with van der Waals surface area (Å²) in [5.41, 5.74) is 3.04. The molecule has 2 aliphatic rings. The van der Waals surface area contributed by atoms with Crippen LogP contribution in [0.5, 0.6) is 11.5 Å². The lowest BCUT2D eigenvalue weighted by Crippen LogP contribution is -2.44. The molecule has 1 saturated heterocycles. The predicted molar refractivity (Wildman–Crippen MR) is 126 cm³/mol. The maximum absolute atomic E-state index is 12.5. The molecule has 0 spiro atoms. The van der Waals surface area contributed by atoms with E-state index < -0.39 is 0 Å². The minimum absolute atomic E-state index is 0.0335. The Morgan fingerprint density at radius 2 is 1.85 bits per heavy atom. The first-order valence-electron chi connectivity index (χ1n) is 11.6. The van der Waals surface area contributed by atoms with E-state index in [1.807, 2.05) is 30.3 Å². The Morgan fingerprint density at radius 3 is 2.61 bits per heavy atom. The number of carbonyl (C=O) groups excluding carboxylic acids is 2. The molecular weight excluding hydrogens is 420 g/mol. The third kappa shape index (κ3) is 5.85. The zero-order valence-electron chi connectivity index (χ0n) is 19.2. The summed E-state index contributed by atoms with van der Waals surface area (Å²) in [6, 6.07) is 13.8. The summed E-state index contributed by atoms with van der Waals surface area (Å²) < 4.78 is 16.7. The normalized spacial score (nSPS) is 16.9. The van der Waals surface area contributed by atoms with Gasteiger partial charge in [0.05, 0.1) is 13.7 Å². The number of nitrogens with one attached hydrogen (secondary N) is 2. The van der Waals surface area contributed by atoms with Gasteiger partial charge in [-0.2, -0.15) is 0 Å². The van der Waals surface area contributed by atoms with Gasteiger partial charge < -0.3 is 24.8 Å². The number of anilines is 1. The monoisotopic (exact) mass is 452 g/mol. The highest BCUT2D eigenvalue weighted by Gasteiger charge is 2.34. The van der Waals surface area contributed by atoms with Crippen LogP contribution < -0.4 is 20.1 Å². The van der Waals surface area contributed by atoms with Crippen LogP contribution in [0.15, 0.2) is 42.5 Å². The molecule has 0 aromatic heterocycles. The number of ether oxygens (including phenoxy) is 3. The molecule has 2 aromatic carbocycles. The van der Waals surface area contributed by atoms with Crippen LogP contribution in [-0.2, 0) is 26.2 Å². The molecule has 7 nitrogen and oxygen atoms in total. The van der Waals surface area contributed by atoms with E-state index in [0.29, 0.717) is 45.6 Å². The molecule has 2 amide bonds. The lowest BCUT2D eigenvalue weighted by molar-refractivity contribution is -0.121. The van der Waals surface area contributed by atoms with Crippen LogP contribution in [0, 0.1) is 0 Å². The molecule has 2 aliphatic heterocycles. The summed E-state index contributed by atoms with van der Waals surface area (Å²) in [5.74, 6) is 1.68. The highest BCUT2D eigenvalue weighted by Crippen LogP contribution is 2.35. The Kier molecular flexibility index (Phi) is 7.50. The lowest BCUT2D eigenvalue weighted by Gasteiger charge is -2.38. The van der Waals surface area contributed by atoms with E-state index >= 15 is 0 Å². The van der Waals surface area contributed by atoms with Gasteiger partial charge in [-0.25, -0.2) is 0 Å². The van der Waals surface area contributed by atoms with Gasteiger partial charge in [-0.05, 0) is 67.1 Å². The fraction of sp³-hybridized carbons (Fsp3) is 0.462. The third-order valence-corrected chi connectivity index (χ3v) is 6.57. The average molecular weight is 453 g/mol. The maximum Gasteiger partial charge on any atom is 0.224 e. The predicted octanol–water partition coefficient (Wildman–Crippen LogP) is 3.60. The highest BCUT2D eigenvalue weighted by molar-refractivity contribution is 5.94. The van der Waals surface area contributed by atoms with E-state index in [0.717, 1.165) is 42.0 Å². The van der Waals surface area contributed by atoms with Gasteiger partial charge in [0, 0.05) is 43.7 Å². The third-order valence-electron chi connectivity index (χ3n) is 6.57. The topological polar surface area (TPSA) is 85.9 Å². The molecule has 33 heavy (non-hydrogen) atoms. The summed E-state index contributed by atoms with van der Waals surface area (Å²) in [6.07, 6.45) is 4.03. The summed E-state index contributed by atoms with van der Waals surface area (Å²) in [5, 5.41) is 6.01. The van der Waals surface area contributed by atoms with Gasteiger partial charge in [-0.1, -0.05) is 12.1 Å². The lowest BCUT2D eigenvalue weighted by atomic mass is 9.74. The van der Waals surface area contributed by atoms with Crippen molar-refractivity contribution in [1.29, 1.82) is 0 Å². The summed E-state index contributed by atoms with van der Waals surface area (Å²) in [6.45, 7) is 2.45. The molecule has 1 fully saturated rings. The minimum Gasteiger partial charge on any atom is -0.497 e. The fourth-order valence-electron chi connectivity index (χ4n) is 4.50. The van der Waals surface area contributed by atoms with Crippen LogP contribution in [0.3, 0.4) is 0 Å². The van der Waals surface area contributed by atoms with Gasteiger partial charge >= 0.3 is 0 Å². The Hall–Kier alpha value is -3.06. The molecule has 7 heteroatoms. The molecule has 0 saturated carbocycles. The first-order chi connectivity index (χ1) is 16.1. The van der Waals surface area contributed by atoms with Gasteiger partial charge in [0.1, 0.15) is 11.5 Å². The van der Waals surface area contributed by atoms with Crippen molar-refractivity contribution in [2.24, 2.45) is 0 Å². The molecule has 0 aliphatic carbocycles. The minimum atomic E-state index is -0.116. The molecule has 176 valence electrons. The molecule has 0 bridgehead atoms. The van der Waals surface area contributed by atoms with E-state index in [-0.39, 0.29) is 17.2 Å². The van der Waals surface area contributed by atoms with Gasteiger partial charge in [0.25, 0.3) is 0 Å². The van der Waals surface area contributed by atoms with Crippen molar-refractivity contribution < 1.29 is 23.8 Å². The largest absolute Gasteiger partial charge is 0.497 e. The van der Waals surface area contributed by atoms with Gasteiger partial charge in [-0.3, -0.25) is 9.59 Å². The van der Waals surface area contributed by atoms with Crippen LogP contribution in [-0.4, -0.2) is 45.3 Å². The van der Waals surface area contributed by atoms with Crippen LogP contribution in [0.2, 0.25) is 0 Å². The number of fused-ring (bicyclic) bond motifs is 1. The summed E-state index contributed by atoms with van der Waals surface area (Å²) in [4.78, 5) is 24.0. The molecule has 2 aromatic rings. The number of methoxy groups -OCH3 is 1.